The number of carbonyl (C=O) groups is 2. The van der Waals surface area contributed by atoms with Crippen LogP contribution in [0.2, 0.25) is 0 Å². The second-order valence-corrected chi connectivity index (χ2v) is 7.20. The van der Waals surface area contributed by atoms with E-state index in [0.717, 1.165) is 18.2 Å². The number of halogens is 3. The lowest BCUT2D eigenvalue weighted by molar-refractivity contribution is -0.137. The number of nitrogens with zero attached hydrogens (tertiary/aromatic N) is 1. The van der Waals surface area contributed by atoms with Gasteiger partial charge in [-0.15, -0.1) is 0 Å². The number of benzene rings is 2. The molecule has 0 saturated heterocycles. The van der Waals surface area contributed by atoms with E-state index >= 15 is 0 Å². The monoisotopic (exact) mass is 466 g/mol. The second-order valence-electron chi connectivity index (χ2n) is 7.20. The fraction of sp³-hybridized carbons (Fsp3) is 0.286. The summed E-state index contributed by atoms with van der Waals surface area (Å²) in [6.07, 6.45) is -4.21. The molecule has 1 atom stereocenters. The molecule has 0 radical (unpaired) electrons. The molecule has 0 bridgehead atoms. The molecule has 0 aliphatic carbocycles. The minimum Gasteiger partial charge on any atom is -0.508 e. The Morgan fingerprint density at radius 2 is 1.70 bits per heavy atom. The molecular weight excluding hydrogens is 441 g/mol. The van der Waals surface area contributed by atoms with E-state index in [4.69, 9.17) is 17.2 Å². The molecule has 0 aliphatic rings. The largest absolute Gasteiger partial charge is 0.508 e. The number of hydrogen-bond acceptors (Lipinski definition) is 5. The molecule has 9 nitrogen and oxygen atoms in total. The Kier molecular flexibility index (Phi) is 8.49. The minimum atomic E-state index is -4.64. The summed E-state index contributed by atoms with van der Waals surface area (Å²) >= 11 is 0. The normalized spacial score (nSPS) is 12.0. The van der Waals surface area contributed by atoms with Crippen LogP contribution < -0.4 is 27.8 Å². The van der Waals surface area contributed by atoms with E-state index in [9.17, 15) is 27.9 Å². The molecule has 12 heteroatoms. The van der Waals surface area contributed by atoms with E-state index in [0.29, 0.717) is 12.0 Å². The van der Waals surface area contributed by atoms with Gasteiger partial charge in [0.15, 0.2) is 5.96 Å². The number of alkyl halides is 3. The van der Waals surface area contributed by atoms with Crippen LogP contribution in [0.4, 0.5) is 24.5 Å². The van der Waals surface area contributed by atoms with E-state index in [1.807, 2.05) is 0 Å². The van der Waals surface area contributed by atoms with Crippen molar-refractivity contribution in [2.45, 2.75) is 31.5 Å². The quantitative estimate of drug-likeness (QED) is 0.178. The van der Waals surface area contributed by atoms with Gasteiger partial charge >= 0.3 is 6.18 Å². The number of phenols is 1. The van der Waals surface area contributed by atoms with Crippen molar-refractivity contribution in [3.8, 4) is 5.75 Å². The number of aromatic hydroxyl groups is 1. The molecule has 2 aromatic carbocycles. The van der Waals surface area contributed by atoms with Crippen LogP contribution >= 0.6 is 0 Å². The molecule has 2 aromatic rings. The summed E-state index contributed by atoms with van der Waals surface area (Å²) in [5, 5.41) is 14.6. The van der Waals surface area contributed by atoms with Crippen molar-refractivity contribution >= 4 is 29.1 Å². The third kappa shape index (κ3) is 8.24. The van der Waals surface area contributed by atoms with Gasteiger partial charge in [-0.2, -0.15) is 13.2 Å². The van der Waals surface area contributed by atoms with Crippen molar-refractivity contribution in [1.82, 2.24) is 0 Å². The van der Waals surface area contributed by atoms with Crippen LogP contribution in [-0.2, 0) is 22.2 Å². The lowest BCUT2D eigenvalue weighted by atomic mass is 10.1. The minimum absolute atomic E-state index is 0.0147. The first-order valence-electron chi connectivity index (χ1n) is 9.86. The topological polar surface area (TPSA) is 169 Å². The van der Waals surface area contributed by atoms with Crippen LogP contribution in [0.15, 0.2) is 47.5 Å². The van der Waals surface area contributed by atoms with Crippen LogP contribution in [0.5, 0.6) is 5.75 Å². The molecule has 0 aliphatic heterocycles. The van der Waals surface area contributed by atoms with Crippen molar-refractivity contribution in [2.75, 3.05) is 17.2 Å². The Bertz CT molecular complexity index is 1010. The van der Waals surface area contributed by atoms with Crippen molar-refractivity contribution < 1.29 is 27.9 Å². The van der Waals surface area contributed by atoms with Gasteiger partial charge in [-0.05, 0) is 48.7 Å². The lowest BCUT2D eigenvalue weighted by Gasteiger charge is -2.20. The highest BCUT2D eigenvalue weighted by molar-refractivity contribution is 5.96. The Hall–Kier alpha value is -3.96. The average molecular weight is 466 g/mol. The number of aliphatic imine (C=N–C) groups is 1. The predicted molar refractivity (Wildman–Crippen MR) is 118 cm³/mol. The molecule has 0 unspecified atom stereocenters. The first kappa shape index (κ1) is 25.3. The Morgan fingerprint density at radius 1 is 1.03 bits per heavy atom. The van der Waals surface area contributed by atoms with Gasteiger partial charge < -0.3 is 32.9 Å². The zero-order chi connectivity index (χ0) is 24.6. The second kappa shape index (κ2) is 11.1. The maximum Gasteiger partial charge on any atom is 0.416 e. The summed E-state index contributed by atoms with van der Waals surface area (Å²) in [4.78, 5) is 28.1. The van der Waals surface area contributed by atoms with Crippen molar-refractivity contribution in [1.29, 1.82) is 0 Å². The number of anilines is 2. The van der Waals surface area contributed by atoms with Gasteiger partial charge in [0.25, 0.3) is 0 Å². The highest BCUT2D eigenvalue weighted by Gasteiger charge is 2.31. The number of nitrogens with one attached hydrogen (secondary N) is 2. The molecule has 178 valence electrons. The molecule has 2 rings (SSSR count). The highest BCUT2D eigenvalue weighted by atomic mass is 19.4. The first-order valence-corrected chi connectivity index (χ1v) is 9.86. The van der Waals surface area contributed by atoms with Gasteiger partial charge in [-0.1, -0.05) is 12.1 Å². The molecule has 0 heterocycles. The van der Waals surface area contributed by atoms with Crippen molar-refractivity contribution in [2.24, 2.45) is 22.2 Å². The Labute approximate surface area is 187 Å². The summed E-state index contributed by atoms with van der Waals surface area (Å²) in [6.45, 7) is 0.233. The summed E-state index contributed by atoms with van der Waals surface area (Å²) in [7, 11) is 0. The fourth-order valence-electron chi connectivity index (χ4n) is 2.92. The number of nitrogens with two attached hydrogens (primary N) is 3. The van der Waals surface area contributed by atoms with Crippen LogP contribution in [0.3, 0.4) is 0 Å². The van der Waals surface area contributed by atoms with E-state index in [1.165, 1.54) is 24.3 Å². The van der Waals surface area contributed by atoms with Gasteiger partial charge in [0.1, 0.15) is 11.8 Å². The molecule has 9 N–H and O–H groups in total. The fourth-order valence-corrected chi connectivity index (χ4v) is 2.92. The van der Waals surface area contributed by atoms with Crippen LogP contribution in [-0.4, -0.2) is 35.5 Å². The predicted octanol–water partition coefficient (Wildman–Crippen LogP) is 1.91. The Balaban J connectivity index is 2.23. The van der Waals surface area contributed by atoms with Gasteiger partial charge in [0, 0.05) is 6.54 Å². The Morgan fingerprint density at radius 3 is 2.27 bits per heavy atom. The molecule has 0 spiro atoms. The van der Waals surface area contributed by atoms with Crippen LogP contribution in [0.1, 0.15) is 24.0 Å². The smallest absolute Gasteiger partial charge is 0.416 e. The van der Waals surface area contributed by atoms with Gasteiger partial charge in [-0.25, -0.2) is 0 Å². The standard InChI is InChI=1S/C21H25F3N6O3/c22-21(23,24)13-5-8-15(29-16(19(25)33)2-1-9-28-20(26)27)17(11-13)30-18(32)10-12-3-6-14(31)7-4-12/h3-8,11,16,29,31H,1-2,9-10H2,(H2,25,33)(H,30,32)(H4,26,27,28)/t16-/m0/s1. The number of primary amides is 1. The highest BCUT2D eigenvalue weighted by Crippen LogP contribution is 2.34. The summed E-state index contributed by atoms with van der Waals surface area (Å²) in [5.41, 5.74) is 15.4. The van der Waals surface area contributed by atoms with E-state index < -0.39 is 29.6 Å². The van der Waals surface area contributed by atoms with Crippen molar-refractivity contribution in [3.05, 3.63) is 53.6 Å². The molecule has 0 fully saturated rings. The maximum absolute atomic E-state index is 13.2. The van der Waals surface area contributed by atoms with Crippen molar-refractivity contribution in [3.63, 3.8) is 0 Å². The van der Waals surface area contributed by atoms with Gasteiger partial charge in [0.2, 0.25) is 11.8 Å². The molecule has 33 heavy (non-hydrogen) atoms. The number of guanidine groups is 1. The maximum atomic E-state index is 13.2. The van der Waals surface area contributed by atoms with Crippen LogP contribution in [0.25, 0.3) is 0 Å². The molecule has 0 aromatic heterocycles. The van der Waals surface area contributed by atoms with Crippen LogP contribution in [0, 0.1) is 0 Å². The third-order valence-electron chi connectivity index (χ3n) is 4.54. The summed E-state index contributed by atoms with van der Waals surface area (Å²) in [5.74, 6) is -1.42. The number of carbonyl (C=O) groups excluding carboxylic acids is 2. The van der Waals surface area contributed by atoms with Gasteiger partial charge in [0.05, 0.1) is 23.4 Å². The molecular formula is C21H25F3N6O3. The average Bonchev–Trinajstić information content (AvgIpc) is 2.71. The number of hydrogen-bond donors (Lipinski definition) is 6. The molecule has 0 saturated carbocycles. The number of amides is 2. The van der Waals surface area contributed by atoms with E-state index in [1.54, 1.807) is 0 Å². The zero-order valence-corrected chi connectivity index (χ0v) is 17.5. The summed E-state index contributed by atoms with van der Waals surface area (Å²) in [6, 6.07) is 7.58. The molecule has 2 amide bonds. The first-order chi connectivity index (χ1) is 15.5. The lowest BCUT2D eigenvalue weighted by Crippen LogP contribution is -2.36. The SMILES string of the molecule is NC(=O)[C@H](CCCN=C(N)N)Nc1ccc(C(F)(F)F)cc1NC(=O)Cc1ccc(O)cc1. The van der Waals surface area contributed by atoms with E-state index in [2.05, 4.69) is 15.6 Å². The zero-order valence-electron chi connectivity index (χ0n) is 17.5. The third-order valence-corrected chi connectivity index (χ3v) is 4.54. The number of rotatable bonds is 10. The van der Waals surface area contributed by atoms with Gasteiger partial charge in [-0.3, -0.25) is 14.6 Å². The number of phenolic OH excluding ortho intramolecular Hbond substituents is 1. The van der Waals surface area contributed by atoms with E-state index in [-0.39, 0.29) is 42.5 Å². The summed E-state index contributed by atoms with van der Waals surface area (Å²) < 4.78 is 39.7.